The van der Waals surface area contributed by atoms with Gasteiger partial charge in [0.2, 0.25) is 17.7 Å². The third-order valence-corrected chi connectivity index (χ3v) is 8.96. The smallest absolute Gasteiger partial charge is 0.249 e. The first-order chi connectivity index (χ1) is 17.1. The predicted molar refractivity (Wildman–Crippen MR) is 133 cm³/mol. The fourth-order valence-electron chi connectivity index (χ4n) is 6.31. The summed E-state index contributed by atoms with van der Waals surface area (Å²) in [5.74, 6) is -3.11. The van der Waals surface area contributed by atoms with E-state index in [9.17, 15) is 14.4 Å². The number of aryl methyl sites for hydroxylation is 1. The number of hydrogen-bond acceptors (Lipinski definition) is 5. The number of benzene rings is 2. The van der Waals surface area contributed by atoms with E-state index in [4.69, 9.17) is 27.7 Å². The fourth-order valence-corrected chi connectivity index (χ4v) is 7.40. The van der Waals surface area contributed by atoms with E-state index in [-0.39, 0.29) is 11.7 Å². The van der Waals surface area contributed by atoms with Crippen molar-refractivity contribution >= 4 is 46.7 Å². The molecule has 2 aromatic carbocycles. The maximum absolute atomic E-state index is 14.2. The molecule has 3 aromatic rings. The number of nitrogens with zero attached hydrogens (tertiary/aromatic N) is 2. The summed E-state index contributed by atoms with van der Waals surface area (Å²) in [5.41, 5.74) is 2.86. The molecule has 7 rings (SSSR count). The Balaban J connectivity index is 1.50. The van der Waals surface area contributed by atoms with Crippen LogP contribution >= 0.6 is 23.2 Å². The summed E-state index contributed by atoms with van der Waals surface area (Å²) >= 11 is 14.9. The monoisotopic (exact) mass is 523 g/mol. The minimum absolute atomic E-state index is 0.210. The molecule has 3 aliphatic carbocycles. The average molecular weight is 524 g/mol. The van der Waals surface area contributed by atoms with Crippen LogP contribution in [-0.4, -0.2) is 33.8 Å². The molecule has 9 heteroatoms. The molecule has 0 spiro atoms. The molecule has 36 heavy (non-hydrogen) atoms. The van der Waals surface area contributed by atoms with Gasteiger partial charge in [-0.1, -0.05) is 67.5 Å². The number of nitrogens with one attached hydrogen (secondary N) is 1. The molecule has 1 aromatic heterocycles. The number of likely N-dealkylation sites (tertiary alicyclic amines) is 1. The van der Waals surface area contributed by atoms with Gasteiger partial charge in [-0.2, -0.15) is 0 Å². The highest BCUT2D eigenvalue weighted by Gasteiger charge is 2.73. The number of carbonyl (C=O) groups is 3. The Kier molecular flexibility index (Phi) is 4.95. The summed E-state index contributed by atoms with van der Waals surface area (Å²) in [7, 11) is 0. The number of alkyl halides is 2. The first-order valence-corrected chi connectivity index (χ1v) is 12.6. The molecule has 4 aliphatic rings. The summed E-state index contributed by atoms with van der Waals surface area (Å²) in [6, 6.07) is 15.4. The van der Waals surface area contributed by atoms with Crippen LogP contribution in [0.15, 0.2) is 59.1 Å². The van der Waals surface area contributed by atoms with Crippen molar-refractivity contribution in [2.45, 2.75) is 36.6 Å². The molecular weight excluding hydrogens is 501 g/mol. The molecule has 1 aliphatic heterocycles. The number of halogens is 2. The average Bonchev–Trinajstić information content (AvgIpc) is 3.38. The normalized spacial score (nSPS) is 28.7. The predicted octanol–water partition coefficient (Wildman–Crippen LogP) is 4.54. The Labute approximate surface area is 217 Å². The molecule has 184 valence electrons. The largest absolute Gasteiger partial charge is 0.360 e. The van der Waals surface area contributed by atoms with Crippen LogP contribution in [0, 0.1) is 24.7 Å². The van der Waals surface area contributed by atoms with Gasteiger partial charge >= 0.3 is 0 Å². The first kappa shape index (κ1) is 23.3. The number of anilines is 1. The maximum atomic E-state index is 14.2. The Hall–Kier alpha value is -3.16. The molecule has 7 nitrogen and oxygen atoms in total. The quantitative estimate of drug-likeness (QED) is 0.400. The van der Waals surface area contributed by atoms with Gasteiger partial charge in [-0.05, 0) is 35.1 Å². The zero-order chi connectivity index (χ0) is 25.6. The lowest BCUT2D eigenvalue weighted by Gasteiger charge is -2.54. The molecule has 2 bridgehead atoms. The highest BCUT2D eigenvalue weighted by atomic mass is 35.5. The Morgan fingerprint density at radius 3 is 1.75 bits per heavy atom. The molecule has 0 radical (unpaired) electrons. The topological polar surface area (TPSA) is 92.5 Å². The SMILES string of the molecule is Cc1cc(NC(=O)[C@H](C(C)C)N2C(=O)[C@H]3[C@H](C2=O)C2(Cl)c4ccccc4C3(Cl)c3ccccc32)no1. The first-order valence-electron chi connectivity index (χ1n) is 11.8. The standard InChI is InChI=1S/C27H23Cl2N3O4/c1-13(2)22(23(33)30-19-12-14(3)36-31-19)32-24(34)20-21(25(32)35)27(29)16-9-5-4-8-15(16)26(20,28)17-10-6-7-11-18(17)27/h4-13,20-22H,1-3H3,(H,30,31,33)/t20-,21-,22+,26?,27?/m1/s1. The molecule has 3 amide bonds. The highest BCUT2D eigenvalue weighted by Crippen LogP contribution is 2.69. The van der Waals surface area contributed by atoms with Crippen molar-refractivity contribution in [1.82, 2.24) is 10.1 Å². The number of hydrogen-bond donors (Lipinski definition) is 1. The van der Waals surface area contributed by atoms with Crippen LogP contribution in [0.25, 0.3) is 0 Å². The summed E-state index contributed by atoms with van der Waals surface area (Å²) in [6.07, 6.45) is 0. The number of rotatable bonds is 4. The van der Waals surface area contributed by atoms with E-state index in [1.54, 1.807) is 26.8 Å². The van der Waals surface area contributed by atoms with E-state index >= 15 is 0 Å². The molecular formula is C27H23Cl2N3O4. The van der Waals surface area contributed by atoms with Crippen molar-refractivity contribution < 1.29 is 18.9 Å². The van der Waals surface area contributed by atoms with Crippen LogP contribution in [0.4, 0.5) is 5.82 Å². The highest BCUT2D eigenvalue weighted by molar-refractivity contribution is 6.36. The van der Waals surface area contributed by atoms with Crippen molar-refractivity contribution in [2.75, 3.05) is 5.32 Å². The van der Waals surface area contributed by atoms with Gasteiger partial charge in [-0.25, -0.2) is 0 Å². The van der Waals surface area contributed by atoms with Crippen molar-refractivity contribution in [3.63, 3.8) is 0 Å². The summed E-state index contributed by atoms with van der Waals surface area (Å²) in [5, 5.41) is 6.49. The van der Waals surface area contributed by atoms with E-state index in [1.165, 1.54) is 0 Å². The van der Waals surface area contributed by atoms with E-state index < -0.39 is 45.3 Å². The lowest BCUT2D eigenvalue weighted by Crippen LogP contribution is -2.57. The van der Waals surface area contributed by atoms with Crippen LogP contribution in [0.1, 0.15) is 41.9 Å². The van der Waals surface area contributed by atoms with E-state index in [2.05, 4.69) is 10.5 Å². The molecule has 1 saturated heterocycles. The Bertz CT molecular complexity index is 1330. The van der Waals surface area contributed by atoms with Crippen molar-refractivity contribution in [1.29, 1.82) is 0 Å². The third kappa shape index (κ3) is 2.75. The van der Waals surface area contributed by atoms with Crippen LogP contribution in [0.3, 0.4) is 0 Å². The Morgan fingerprint density at radius 2 is 1.39 bits per heavy atom. The van der Waals surface area contributed by atoms with Crippen LogP contribution < -0.4 is 5.32 Å². The van der Waals surface area contributed by atoms with Crippen LogP contribution in [0.2, 0.25) is 0 Å². The van der Waals surface area contributed by atoms with Crippen molar-refractivity contribution in [3.05, 3.63) is 82.6 Å². The van der Waals surface area contributed by atoms with Crippen LogP contribution in [0.5, 0.6) is 0 Å². The fraction of sp³-hybridized carbons (Fsp3) is 0.333. The molecule has 3 atom stereocenters. The second kappa shape index (κ2) is 7.67. The van der Waals surface area contributed by atoms with Gasteiger partial charge in [0.25, 0.3) is 0 Å². The lowest BCUT2D eigenvalue weighted by atomic mass is 9.54. The van der Waals surface area contributed by atoms with Gasteiger partial charge in [-0.15, -0.1) is 23.2 Å². The number of aromatic nitrogens is 1. The molecule has 1 N–H and O–H groups in total. The van der Waals surface area contributed by atoms with Gasteiger partial charge in [0.05, 0.1) is 11.8 Å². The molecule has 0 unspecified atom stereocenters. The second-order valence-electron chi connectivity index (χ2n) is 10.0. The maximum Gasteiger partial charge on any atom is 0.249 e. The number of carbonyl (C=O) groups excluding carboxylic acids is 3. The number of imide groups is 1. The Morgan fingerprint density at radius 1 is 0.944 bits per heavy atom. The van der Waals surface area contributed by atoms with Gasteiger partial charge in [-0.3, -0.25) is 19.3 Å². The molecule has 0 saturated carbocycles. The van der Waals surface area contributed by atoms with Gasteiger partial charge in [0.1, 0.15) is 21.6 Å². The van der Waals surface area contributed by atoms with Gasteiger partial charge in [0.15, 0.2) is 5.82 Å². The minimum Gasteiger partial charge on any atom is -0.360 e. The zero-order valence-electron chi connectivity index (χ0n) is 19.8. The summed E-state index contributed by atoms with van der Waals surface area (Å²) in [4.78, 5) is 40.2. The van der Waals surface area contributed by atoms with E-state index in [0.717, 1.165) is 4.90 Å². The summed E-state index contributed by atoms with van der Waals surface area (Å²) in [6.45, 7) is 5.27. The van der Waals surface area contributed by atoms with Crippen LogP contribution in [-0.2, 0) is 24.1 Å². The number of amides is 3. The van der Waals surface area contributed by atoms with E-state index in [1.807, 2.05) is 48.5 Å². The van der Waals surface area contributed by atoms with E-state index in [0.29, 0.717) is 28.0 Å². The van der Waals surface area contributed by atoms with Gasteiger partial charge < -0.3 is 9.84 Å². The van der Waals surface area contributed by atoms with Crippen molar-refractivity contribution in [2.24, 2.45) is 17.8 Å². The molecule has 2 heterocycles. The van der Waals surface area contributed by atoms with Gasteiger partial charge in [0, 0.05) is 6.07 Å². The summed E-state index contributed by atoms with van der Waals surface area (Å²) < 4.78 is 5.04. The minimum atomic E-state index is -1.29. The zero-order valence-corrected chi connectivity index (χ0v) is 21.3. The lowest BCUT2D eigenvalue weighted by molar-refractivity contribution is -0.148. The second-order valence-corrected chi connectivity index (χ2v) is 11.2. The third-order valence-electron chi connectivity index (χ3n) is 7.68. The molecule has 1 fully saturated rings. The van der Waals surface area contributed by atoms with Crippen molar-refractivity contribution in [3.8, 4) is 0 Å².